The molecule has 3 amide bonds. The second kappa shape index (κ2) is 11.0. The van der Waals surface area contributed by atoms with E-state index in [2.05, 4.69) is 11.4 Å². The monoisotopic (exact) mass is 628 g/mol. The molecule has 5 fully saturated rings. The van der Waals surface area contributed by atoms with E-state index in [4.69, 9.17) is 4.74 Å². The number of thioether (sulfide) groups is 1. The number of piperidine rings is 1. The molecule has 0 spiro atoms. The first-order chi connectivity index (χ1) is 21.3. The summed E-state index contributed by atoms with van der Waals surface area (Å²) in [5.41, 5.74) is 2.58. The maximum atomic E-state index is 13.2. The molecule has 7 nitrogen and oxygen atoms in total. The second-order valence-corrected chi connectivity index (χ2v) is 15.9. The van der Waals surface area contributed by atoms with E-state index in [1.165, 1.54) is 43.4 Å². The molecule has 2 aliphatic heterocycles. The van der Waals surface area contributed by atoms with Gasteiger partial charge in [-0.2, -0.15) is 0 Å². The Morgan fingerprint density at radius 3 is 2.55 bits per heavy atom. The zero-order valence-electron chi connectivity index (χ0n) is 24.6. The molecule has 1 unspecified atom stereocenters. The number of rotatable bonds is 8. The van der Waals surface area contributed by atoms with Gasteiger partial charge in [-0.25, -0.2) is 4.79 Å². The molecule has 228 valence electrons. The number of thiophene rings is 1. The van der Waals surface area contributed by atoms with Crippen LogP contribution in [0.1, 0.15) is 88.9 Å². The number of ether oxygens (including phenoxy) is 1. The highest BCUT2D eigenvalue weighted by atomic mass is 32.2. The van der Waals surface area contributed by atoms with Gasteiger partial charge in [0.2, 0.25) is 11.8 Å². The minimum absolute atomic E-state index is 0.156. The average molecular weight is 629 g/mol. The van der Waals surface area contributed by atoms with Crippen molar-refractivity contribution in [2.45, 2.75) is 81.0 Å². The van der Waals surface area contributed by atoms with Gasteiger partial charge in [0.1, 0.15) is 6.04 Å². The minimum atomic E-state index is -0.619. The molecular weight excluding hydrogens is 593 g/mol. The molecule has 2 aromatic carbocycles. The maximum Gasteiger partial charge on any atom is 0.338 e. The third kappa shape index (κ3) is 5.15. The highest BCUT2D eigenvalue weighted by Gasteiger charge is 2.50. The van der Waals surface area contributed by atoms with Crippen LogP contribution in [0.5, 0.6) is 0 Å². The van der Waals surface area contributed by atoms with Gasteiger partial charge in [-0.3, -0.25) is 19.7 Å². The number of esters is 1. The van der Waals surface area contributed by atoms with E-state index in [1.807, 2.05) is 36.4 Å². The number of carbonyl (C=O) groups is 4. The van der Waals surface area contributed by atoms with E-state index in [0.29, 0.717) is 36.1 Å². The summed E-state index contributed by atoms with van der Waals surface area (Å²) in [5.74, 6) is 2.38. The van der Waals surface area contributed by atoms with Gasteiger partial charge in [-0.05, 0) is 122 Å². The number of fused-ring (bicyclic) bond motifs is 2. The van der Waals surface area contributed by atoms with Crippen molar-refractivity contribution in [1.82, 2.24) is 10.2 Å². The molecule has 1 N–H and O–H groups in total. The first-order valence-corrected chi connectivity index (χ1v) is 17.7. The zero-order valence-corrected chi connectivity index (χ0v) is 26.3. The molecule has 9 rings (SSSR count). The van der Waals surface area contributed by atoms with Gasteiger partial charge in [0.25, 0.3) is 5.91 Å². The van der Waals surface area contributed by atoms with E-state index in [9.17, 15) is 19.2 Å². The van der Waals surface area contributed by atoms with Gasteiger partial charge in [0.15, 0.2) is 0 Å². The van der Waals surface area contributed by atoms with Crippen LogP contribution in [-0.4, -0.2) is 41.2 Å². The van der Waals surface area contributed by atoms with Crippen LogP contribution in [0.2, 0.25) is 0 Å². The molecule has 6 aliphatic rings. The van der Waals surface area contributed by atoms with Crippen molar-refractivity contribution in [1.29, 1.82) is 0 Å². The van der Waals surface area contributed by atoms with Crippen LogP contribution in [0.15, 0.2) is 47.4 Å². The van der Waals surface area contributed by atoms with Crippen molar-refractivity contribution >= 4 is 56.9 Å². The number of benzene rings is 2. The molecule has 0 radical (unpaired) electrons. The van der Waals surface area contributed by atoms with E-state index in [-0.39, 0.29) is 24.2 Å². The fourth-order valence-corrected chi connectivity index (χ4v) is 11.3. The lowest BCUT2D eigenvalue weighted by Gasteiger charge is -2.57. The second-order valence-electron chi connectivity index (χ2n) is 13.7. The summed E-state index contributed by atoms with van der Waals surface area (Å²) in [7, 11) is 0. The fourth-order valence-electron chi connectivity index (χ4n) is 9.18. The van der Waals surface area contributed by atoms with Crippen LogP contribution in [0.25, 0.3) is 10.1 Å². The van der Waals surface area contributed by atoms with Crippen molar-refractivity contribution in [3.63, 3.8) is 0 Å². The summed E-state index contributed by atoms with van der Waals surface area (Å²) in [5, 5.41) is 3.41. The number of nitrogens with one attached hydrogen (secondary N) is 1. The smallest absolute Gasteiger partial charge is 0.338 e. The van der Waals surface area contributed by atoms with Crippen LogP contribution in [0, 0.1) is 23.2 Å². The zero-order chi connectivity index (χ0) is 30.0. The molecule has 4 saturated carbocycles. The SMILES string of the molecule is O=C1CCC(N2Cc3c(SCc4cc5cc(C(=O)OCCC67CC8CC(CC(C8)C6)C7)ccc5s4)cccc3C2=O)C(=O)N1. The summed E-state index contributed by atoms with van der Waals surface area (Å²) < 4.78 is 6.96. The third-order valence-corrected chi connectivity index (χ3v) is 13.2. The first kappa shape index (κ1) is 28.3. The molecular formula is C35H36N2O5S2. The number of hydrogen-bond donors (Lipinski definition) is 1. The number of nitrogens with zero attached hydrogens (tertiary/aromatic N) is 1. The van der Waals surface area contributed by atoms with Gasteiger partial charge >= 0.3 is 5.97 Å². The summed E-state index contributed by atoms with van der Waals surface area (Å²) in [6.07, 6.45) is 9.88. The molecule has 44 heavy (non-hydrogen) atoms. The Bertz CT molecular complexity index is 1660. The standard InChI is InChI=1S/C35H36N2O5S2/c38-31-7-5-28(32(39)36-31)37-18-27-26(33(37)40)2-1-3-30(27)43-19-25-14-24-13-23(4-6-29(24)44-25)34(41)42-9-8-35-15-20-10-21(16-35)12-22(11-20)17-35/h1-4,6,13-14,20-22,28H,5,7-12,15-19H2,(H,36,38,39). The topological polar surface area (TPSA) is 92.8 Å². The lowest BCUT2D eigenvalue weighted by Crippen LogP contribution is -2.52. The predicted octanol–water partition coefficient (Wildman–Crippen LogP) is 6.72. The Morgan fingerprint density at radius 2 is 1.80 bits per heavy atom. The predicted molar refractivity (Wildman–Crippen MR) is 169 cm³/mol. The van der Waals surface area contributed by atoms with Crippen LogP contribution in [0.4, 0.5) is 0 Å². The van der Waals surface area contributed by atoms with E-state index in [1.54, 1.807) is 28.0 Å². The van der Waals surface area contributed by atoms with Crippen molar-refractivity contribution in [3.05, 3.63) is 64.0 Å². The molecule has 1 atom stereocenters. The van der Waals surface area contributed by atoms with Gasteiger partial charge < -0.3 is 9.64 Å². The summed E-state index contributed by atoms with van der Waals surface area (Å²) in [4.78, 5) is 54.0. The summed E-state index contributed by atoms with van der Waals surface area (Å²) in [6, 6.07) is 13.1. The van der Waals surface area contributed by atoms with Crippen LogP contribution >= 0.6 is 23.1 Å². The largest absolute Gasteiger partial charge is 0.462 e. The quantitative estimate of drug-likeness (QED) is 0.169. The van der Waals surface area contributed by atoms with Crippen molar-refractivity contribution in [2.24, 2.45) is 23.2 Å². The fraction of sp³-hybridized carbons (Fsp3) is 0.486. The lowest BCUT2D eigenvalue weighted by atomic mass is 9.49. The first-order valence-electron chi connectivity index (χ1n) is 15.9. The molecule has 3 heterocycles. The van der Waals surface area contributed by atoms with Gasteiger partial charge in [0, 0.05) is 38.8 Å². The van der Waals surface area contributed by atoms with E-state index in [0.717, 1.165) is 50.5 Å². The Hall–Kier alpha value is -3.17. The highest BCUT2D eigenvalue weighted by Crippen LogP contribution is 2.61. The number of hydrogen-bond acceptors (Lipinski definition) is 7. The van der Waals surface area contributed by atoms with Gasteiger partial charge in [-0.15, -0.1) is 23.1 Å². The molecule has 3 aromatic rings. The minimum Gasteiger partial charge on any atom is -0.462 e. The van der Waals surface area contributed by atoms with Crippen LogP contribution < -0.4 is 5.32 Å². The normalized spacial score (nSPS) is 28.9. The van der Waals surface area contributed by atoms with Crippen molar-refractivity contribution in [2.75, 3.05) is 6.61 Å². The van der Waals surface area contributed by atoms with Gasteiger partial charge in [0.05, 0.1) is 12.2 Å². The molecule has 1 aromatic heterocycles. The number of amides is 3. The molecule has 4 bridgehead atoms. The number of imide groups is 1. The van der Waals surface area contributed by atoms with Crippen LogP contribution in [0.3, 0.4) is 0 Å². The van der Waals surface area contributed by atoms with E-state index >= 15 is 0 Å². The Morgan fingerprint density at radius 1 is 1.02 bits per heavy atom. The Balaban J connectivity index is 0.900. The molecule has 1 saturated heterocycles. The Kier molecular flexibility index (Phi) is 7.09. The summed E-state index contributed by atoms with van der Waals surface area (Å²) >= 11 is 3.39. The van der Waals surface area contributed by atoms with Crippen molar-refractivity contribution in [3.8, 4) is 0 Å². The molecule has 9 heteroatoms. The average Bonchev–Trinajstić information content (AvgIpc) is 3.55. The number of carbonyl (C=O) groups excluding carboxylic acids is 4. The van der Waals surface area contributed by atoms with Gasteiger partial charge in [-0.1, -0.05) is 6.07 Å². The maximum absolute atomic E-state index is 13.2. The third-order valence-electron chi connectivity index (χ3n) is 10.7. The van der Waals surface area contributed by atoms with E-state index < -0.39 is 11.9 Å². The lowest BCUT2D eigenvalue weighted by molar-refractivity contribution is -0.136. The van der Waals surface area contributed by atoms with Crippen LogP contribution in [-0.2, 0) is 26.6 Å². The summed E-state index contributed by atoms with van der Waals surface area (Å²) in [6.45, 7) is 0.879. The Labute approximate surface area is 265 Å². The molecule has 4 aliphatic carbocycles. The van der Waals surface area contributed by atoms with Crippen molar-refractivity contribution < 1.29 is 23.9 Å². The highest BCUT2D eigenvalue weighted by molar-refractivity contribution is 7.98.